The summed E-state index contributed by atoms with van der Waals surface area (Å²) in [5.74, 6) is 0.698. The number of benzene rings is 2. The lowest BCUT2D eigenvalue weighted by molar-refractivity contribution is 0.0905. The van der Waals surface area contributed by atoms with E-state index in [1.807, 2.05) is 0 Å². The number of sulfonamides is 1. The molecule has 2 aromatic carbocycles. The normalized spacial score (nSPS) is 18.7. The summed E-state index contributed by atoms with van der Waals surface area (Å²) in [5, 5.41) is 3.13. The second kappa shape index (κ2) is 9.83. The number of likely N-dealkylation sites (tertiary alicyclic amines) is 1. The minimum absolute atomic E-state index is 0.157. The summed E-state index contributed by atoms with van der Waals surface area (Å²) in [6.07, 6.45) is 7.38. The topological polar surface area (TPSA) is 78.5 Å². The van der Waals surface area contributed by atoms with Crippen LogP contribution in [-0.4, -0.2) is 44.9 Å². The van der Waals surface area contributed by atoms with Crippen LogP contribution >= 0.6 is 0 Å². The van der Waals surface area contributed by atoms with Gasteiger partial charge >= 0.3 is 0 Å². The van der Waals surface area contributed by atoms with Crippen molar-refractivity contribution in [2.45, 2.75) is 49.5 Å². The monoisotopic (exact) mass is 441 g/mol. The molecule has 1 heterocycles. The lowest BCUT2D eigenvalue weighted by atomic mass is 10.0. The number of anilines is 1. The molecule has 0 radical (unpaired) electrons. The Labute approximate surface area is 185 Å². The van der Waals surface area contributed by atoms with Gasteiger partial charge in [0.1, 0.15) is 0 Å². The third-order valence-corrected chi connectivity index (χ3v) is 7.74. The first-order valence-corrected chi connectivity index (χ1v) is 12.7. The van der Waals surface area contributed by atoms with Gasteiger partial charge in [-0.25, -0.2) is 8.42 Å². The van der Waals surface area contributed by atoms with E-state index in [0.29, 0.717) is 11.3 Å². The number of nitrogens with zero attached hydrogens (tertiary/aromatic N) is 1. The Morgan fingerprint density at radius 1 is 0.935 bits per heavy atom. The highest BCUT2D eigenvalue weighted by Gasteiger charge is 2.24. The van der Waals surface area contributed by atoms with E-state index in [4.69, 9.17) is 0 Å². The van der Waals surface area contributed by atoms with Crippen molar-refractivity contribution in [1.82, 2.24) is 10.2 Å². The molecule has 1 aliphatic heterocycles. The molecule has 0 aromatic heterocycles. The smallest absolute Gasteiger partial charge is 0.261 e. The second-order valence-electron chi connectivity index (χ2n) is 8.70. The van der Waals surface area contributed by atoms with E-state index >= 15 is 0 Å². The van der Waals surface area contributed by atoms with Gasteiger partial charge in [0.15, 0.2) is 0 Å². The highest BCUT2D eigenvalue weighted by molar-refractivity contribution is 7.92. The molecule has 6 nitrogen and oxygen atoms in total. The van der Waals surface area contributed by atoms with Crippen molar-refractivity contribution in [2.24, 2.45) is 5.92 Å². The SMILES string of the molecule is O=C(NC1CCN(CC2CCCC2)CC1)c1cccc(NS(=O)(=O)c2ccccc2)c1. The fraction of sp³-hybridized carbons (Fsp3) is 0.458. The summed E-state index contributed by atoms with van der Waals surface area (Å²) in [4.78, 5) is 15.5. The number of hydrogen-bond acceptors (Lipinski definition) is 4. The molecule has 1 aliphatic carbocycles. The molecule has 2 aromatic rings. The summed E-state index contributed by atoms with van der Waals surface area (Å²) in [6.45, 7) is 3.25. The fourth-order valence-corrected chi connectivity index (χ4v) is 5.69. The van der Waals surface area contributed by atoms with E-state index < -0.39 is 10.0 Å². The van der Waals surface area contributed by atoms with Gasteiger partial charge in [0.05, 0.1) is 4.90 Å². The minimum Gasteiger partial charge on any atom is -0.349 e. The number of nitrogens with one attached hydrogen (secondary N) is 2. The average Bonchev–Trinajstić information content (AvgIpc) is 3.29. The van der Waals surface area contributed by atoms with Crippen molar-refractivity contribution >= 4 is 21.6 Å². The molecule has 0 unspecified atom stereocenters. The number of carbonyl (C=O) groups is 1. The van der Waals surface area contributed by atoms with Crippen LogP contribution < -0.4 is 10.0 Å². The van der Waals surface area contributed by atoms with Crippen LogP contribution in [-0.2, 0) is 10.0 Å². The van der Waals surface area contributed by atoms with Crippen molar-refractivity contribution in [1.29, 1.82) is 0 Å². The average molecular weight is 442 g/mol. The Balaban J connectivity index is 1.31. The summed E-state index contributed by atoms with van der Waals surface area (Å²) >= 11 is 0. The summed E-state index contributed by atoms with van der Waals surface area (Å²) in [5.41, 5.74) is 0.838. The molecular formula is C24H31N3O3S. The van der Waals surface area contributed by atoms with Crippen molar-refractivity contribution in [3.05, 3.63) is 60.2 Å². The molecule has 31 heavy (non-hydrogen) atoms. The molecule has 166 valence electrons. The van der Waals surface area contributed by atoms with E-state index in [0.717, 1.165) is 31.8 Å². The summed E-state index contributed by atoms with van der Waals surface area (Å²) < 4.78 is 27.6. The maximum Gasteiger partial charge on any atom is 0.261 e. The molecular weight excluding hydrogens is 410 g/mol. The Morgan fingerprint density at radius 3 is 2.35 bits per heavy atom. The van der Waals surface area contributed by atoms with Gasteiger partial charge in [0.25, 0.3) is 15.9 Å². The van der Waals surface area contributed by atoms with Crippen molar-refractivity contribution in [3.8, 4) is 0 Å². The van der Waals surface area contributed by atoms with Crippen molar-refractivity contribution in [3.63, 3.8) is 0 Å². The molecule has 1 amide bonds. The Bertz CT molecular complexity index is 980. The van der Waals surface area contributed by atoms with Crippen LogP contribution in [0.25, 0.3) is 0 Å². The molecule has 1 saturated carbocycles. The molecule has 2 fully saturated rings. The maximum absolute atomic E-state index is 12.8. The molecule has 0 spiro atoms. The highest BCUT2D eigenvalue weighted by atomic mass is 32.2. The van der Waals surface area contributed by atoms with Gasteiger partial charge in [0, 0.05) is 36.9 Å². The van der Waals surface area contributed by atoms with E-state index in [-0.39, 0.29) is 16.8 Å². The van der Waals surface area contributed by atoms with E-state index in [1.54, 1.807) is 42.5 Å². The zero-order chi connectivity index (χ0) is 21.7. The zero-order valence-electron chi connectivity index (χ0n) is 17.8. The number of rotatable bonds is 7. The fourth-order valence-electron chi connectivity index (χ4n) is 4.62. The van der Waals surface area contributed by atoms with Crippen LogP contribution in [0.3, 0.4) is 0 Å². The van der Waals surface area contributed by atoms with E-state index in [9.17, 15) is 13.2 Å². The maximum atomic E-state index is 12.8. The van der Waals surface area contributed by atoms with Crippen LogP contribution in [0.5, 0.6) is 0 Å². The minimum atomic E-state index is -3.69. The van der Waals surface area contributed by atoms with Gasteiger partial charge in [0.2, 0.25) is 0 Å². The van der Waals surface area contributed by atoms with Crippen LogP contribution in [0.4, 0.5) is 5.69 Å². The van der Waals surface area contributed by atoms with Gasteiger partial charge in [-0.15, -0.1) is 0 Å². The van der Waals surface area contributed by atoms with E-state index in [1.165, 1.54) is 44.4 Å². The largest absolute Gasteiger partial charge is 0.349 e. The number of hydrogen-bond donors (Lipinski definition) is 2. The van der Waals surface area contributed by atoms with Gasteiger partial charge < -0.3 is 10.2 Å². The predicted octanol–water partition coefficient (Wildman–Crippen LogP) is 3.87. The third-order valence-electron chi connectivity index (χ3n) is 6.34. The van der Waals surface area contributed by atoms with Crippen molar-refractivity contribution in [2.75, 3.05) is 24.4 Å². The lowest BCUT2D eigenvalue weighted by Gasteiger charge is -2.33. The summed E-state index contributed by atoms with van der Waals surface area (Å²) in [6, 6.07) is 15.0. The van der Waals surface area contributed by atoms with Gasteiger partial charge in [-0.2, -0.15) is 0 Å². The molecule has 1 saturated heterocycles. The van der Waals surface area contributed by atoms with Gasteiger partial charge in [-0.1, -0.05) is 37.1 Å². The predicted molar refractivity (Wildman–Crippen MR) is 123 cm³/mol. The highest BCUT2D eigenvalue weighted by Crippen LogP contribution is 2.26. The lowest BCUT2D eigenvalue weighted by Crippen LogP contribution is -2.45. The van der Waals surface area contributed by atoms with Gasteiger partial charge in [-0.3, -0.25) is 9.52 Å². The van der Waals surface area contributed by atoms with Crippen molar-refractivity contribution < 1.29 is 13.2 Å². The Hall–Kier alpha value is -2.38. The molecule has 2 aliphatic rings. The van der Waals surface area contributed by atoms with E-state index in [2.05, 4.69) is 14.9 Å². The number of amides is 1. The first-order valence-electron chi connectivity index (χ1n) is 11.2. The first-order chi connectivity index (χ1) is 15.0. The third kappa shape index (κ3) is 5.86. The van der Waals surface area contributed by atoms with Crippen LogP contribution in [0.15, 0.2) is 59.5 Å². The number of carbonyl (C=O) groups excluding carboxylic acids is 1. The molecule has 0 bridgehead atoms. The standard InChI is InChI=1S/C24H31N3O3S/c28-24(25-21-13-15-27(16-14-21)18-19-7-4-5-8-19)20-9-6-10-22(17-20)26-31(29,30)23-11-2-1-3-12-23/h1-3,6,9-12,17,19,21,26H,4-5,7-8,13-16,18H2,(H,25,28). The first kappa shape index (κ1) is 21.8. The summed E-state index contributed by atoms with van der Waals surface area (Å²) in [7, 11) is -3.69. The quantitative estimate of drug-likeness (QED) is 0.684. The van der Waals surface area contributed by atoms with Crippen LogP contribution in [0.1, 0.15) is 48.9 Å². The molecule has 0 atom stereocenters. The van der Waals surface area contributed by atoms with Gasteiger partial charge in [-0.05, 0) is 61.9 Å². The molecule has 4 rings (SSSR count). The zero-order valence-corrected chi connectivity index (χ0v) is 18.6. The molecule has 7 heteroatoms. The molecule has 2 N–H and O–H groups in total. The Kier molecular flexibility index (Phi) is 6.92. The Morgan fingerprint density at radius 2 is 1.65 bits per heavy atom. The number of piperidine rings is 1. The second-order valence-corrected chi connectivity index (χ2v) is 10.4. The van der Waals surface area contributed by atoms with Crippen LogP contribution in [0.2, 0.25) is 0 Å². The van der Waals surface area contributed by atoms with Crippen LogP contribution in [0, 0.1) is 5.92 Å².